The molecule has 0 saturated heterocycles. The maximum absolute atomic E-state index is 13.2. The minimum atomic E-state index is -0.901. The van der Waals surface area contributed by atoms with Crippen molar-refractivity contribution < 1.29 is 18.7 Å². The van der Waals surface area contributed by atoms with Crippen LogP contribution in [0.15, 0.2) is 35.6 Å². The van der Waals surface area contributed by atoms with Gasteiger partial charge in [0, 0.05) is 11.7 Å². The van der Waals surface area contributed by atoms with Gasteiger partial charge in [-0.1, -0.05) is 11.8 Å². The molecule has 1 saturated carbocycles. The van der Waals surface area contributed by atoms with Crippen molar-refractivity contribution >= 4 is 23.6 Å². The van der Waals surface area contributed by atoms with E-state index in [-0.39, 0.29) is 23.5 Å². The van der Waals surface area contributed by atoms with Crippen LogP contribution < -0.4 is 5.32 Å². The lowest BCUT2D eigenvalue weighted by Crippen LogP contribution is -2.37. The molecule has 1 aromatic heterocycles. The van der Waals surface area contributed by atoms with Crippen LogP contribution in [0.1, 0.15) is 30.3 Å². The Bertz CT molecular complexity index is 787. The molecule has 0 radical (unpaired) electrons. The first-order chi connectivity index (χ1) is 12.0. The van der Waals surface area contributed by atoms with Gasteiger partial charge in [0.2, 0.25) is 0 Å². The molecule has 2 aromatic rings. The molecular formula is C17H18FN3O3S. The van der Waals surface area contributed by atoms with E-state index in [0.717, 1.165) is 12.8 Å². The van der Waals surface area contributed by atoms with Crippen LogP contribution in [0.5, 0.6) is 0 Å². The molecule has 1 heterocycles. The maximum Gasteiger partial charge on any atom is 0.357 e. The van der Waals surface area contributed by atoms with Crippen LogP contribution in [0, 0.1) is 5.82 Å². The SMILES string of the molecule is CSc1ncc(C(=O)OC(C)C(=O)NC2CC2)n1-c1ccc(F)cc1. The third kappa shape index (κ3) is 4.01. The minimum absolute atomic E-state index is 0.182. The van der Waals surface area contributed by atoms with E-state index in [1.54, 1.807) is 16.7 Å². The zero-order valence-electron chi connectivity index (χ0n) is 13.9. The number of rotatable bonds is 6. The summed E-state index contributed by atoms with van der Waals surface area (Å²) in [6.07, 6.45) is 4.23. The van der Waals surface area contributed by atoms with Crippen molar-refractivity contribution in [2.24, 2.45) is 0 Å². The van der Waals surface area contributed by atoms with E-state index in [4.69, 9.17) is 4.74 Å². The van der Waals surface area contributed by atoms with Gasteiger partial charge >= 0.3 is 5.97 Å². The summed E-state index contributed by atoms with van der Waals surface area (Å²) in [5.41, 5.74) is 0.771. The number of hydrogen-bond donors (Lipinski definition) is 1. The third-order valence-corrected chi connectivity index (χ3v) is 4.44. The Morgan fingerprint density at radius 1 is 1.36 bits per heavy atom. The molecular weight excluding hydrogens is 345 g/mol. The third-order valence-electron chi connectivity index (χ3n) is 3.78. The summed E-state index contributed by atoms with van der Waals surface area (Å²) in [5, 5.41) is 3.36. The molecule has 132 valence electrons. The quantitative estimate of drug-likeness (QED) is 0.631. The van der Waals surface area contributed by atoms with Gasteiger partial charge in [0.05, 0.1) is 6.20 Å². The smallest absolute Gasteiger partial charge is 0.357 e. The van der Waals surface area contributed by atoms with Crippen molar-refractivity contribution in [2.45, 2.75) is 37.1 Å². The molecule has 1 aliphatic rings. The highest BCUT2D eigenvalue weighted by Gasteiger charge is 2.28. The second-order valence-electron chi connectivity index (χ2n) is 5.77. The monoisotopic (exact) mass is 363 g/mol. The van der Waals surface area contributed by atoms with Crippen LogP contribution in [0.2, 0.25) is 0 Å². The maximum atomic E-state index is 13.2. The van der Waals surface area contributed by atoms with Gasteiger partial charge in [-0.3, -0.25) is 9.36 Å². The van der Waals surface area contributed by atoms with E-state index in [1.165, 1.54) is 37.0 Å². The minimum Gasteiger partial charge on any atom is -0.448 e. The highest BCUT2D eigenvalue weighted by molar-refractivity contribution is 7.98. The summed E-state index contributed by atoms with van der Waals surface area (Å²) in [4.78, 5) is 28.7. The van der Waals surface area contributed by atoms with Crippen molar-refractivity contribution in [2.75, 3.05) is 6.26 Å². The van der Waals surface area contributed by atoms with E-state index in [0.29, 0.717) is 10.8 Å². The first-order valence-electron chi connectivity index (χ1n) is 7.88. The molecule has 1 unspecified atom stereocenters. The number of ether oxygens (including phenoxy) is 1. The second-order valence-corrected chi connectivity index (χ2v) is 6.55. The summed E-state index contributed by atoms with van der Waals surface area (Å²) in [6.45, 7) is 1.53. The zero-order valence-corrected chi connectivity index (χ0v) is 14.7. The predicted octanol–water partition coefficient (Wildman–Crippen LogP) is 2.56. The Hall–Kier alpha value is -2.35. The predicted molar refractivity (Wildman–Crippen MR) is 91.3 cm³/mol. The standard InChI is InChI=1S/C17H18FN3O3S/c1-10(15(22)20-12-5-6-12)24-16(23)14-9-19-17(25-2)21(14)13-7-3-11(18)4-8-13/h3-4,7-10,12H,5-6H2,1-2H3,(H,20,22). The normalized spacial score (nSPS) is 14.8. The topological polar surface area (TPSA) is 73.2 Å². The Morgan fingerprint density at radius 3 is 2.64 bits per heavy atom. The van der Waals surface area contributed by atoms with Crippen molar-refractivity contribution in [3.63, 3.8) is 0 Å². The van der Waals surface area contributed by atoms with Crippen LogP contribution in [-0.2, 0) is 9.53 Å². The first kappa shape index (κ1) is 17.5. The van der Waals surface area contributed by atoms with Crippen LogP contribution in [0.4, 0.5) is 4.39 Å². The average Bonchev–Trinajstić information content (AvgIpc) is 3.30. The number of carbonyl (C=O) groups excluding carboxylic acids is 2. The highest BCUT2D eigenvalue weighted by Crippen LogP contribution is 2.23. The molecule has 6 nitrogen and oxygen atoms in total. The molecule has 1 fully saturated rings. The molecule has 25 heavy (non-hydrogen) atoms. The van der Waals surface area contributed by atoms with Crippen molar-refractivity contribution in [1.29, 1.82) is 0 Å². The molecule has 1 aromatic carbocycles. The van der Waals surface area contributed by atoms with Crippen molar-refractivity contribution in [3.05, 3.63) is 42.0 Å². The molecule has 1 atom stereocenters. The Labute approximate surface area is 148 Å². The number of nitrogens with one attached hydrogen (secondary N) is 1. The van der Waals surface area contributed by atoms with Crippen LogP contribution in [-0.4, -0.2) is 39.8 Å². The molecule has 0 bridgehead atoms. The van der Waals surface area contributed by atoms with E-state index < -0.39 is 12.1 Å². The van der Waals surface area contributed by atoms with Crippen LogP contribution in [0.3, 0.4) is 0 Å². The van der Waals surface area contributed by atoms with E-state index in [1.807, 2.05) is 6.26 Å². The summed E-state index contributed by atoms with van der Waals surface area (Å²) in [7, 11) is 0. The summed E-state index contributed by atoms with van der Waals surface area (Å²) < 4.78 is 20.0. The van der Waals surface area contributed by atoms with Gasteiger partial charge in [-0.15, -0.1) is 0 Å². The highest BCUT2D eigenvalue weighted by atomic mass is 32.2. The lowest BCUT2D eigenvalue weighted by Gasteiger charge is -2.15. The first-order valence-corrected chi connectivity index (χ1v) is 9.11. The van der Waals surface area contributed by atoms with E-state index in [2.05, 4.69) is 10.3 Å². The van der Waals surface area contributed by atoms with Gasteiger partial charge in [-0.25, -0.2) is 14.2 Å². The van der Waals surface area contributed by atoms with Gasteiger partial charge in [0.15, 0.2) is 17.0 Å². The number of hydrogen-bond acceptors (Lipinski definition) is 5. The largest absolute Gasteiger partial charge is 0.448 e. The molecule has 8 heteroatoms. The van der Waals surface area contributed by atoms with Crippen LogP contribution in [0.25, 0.3) is 5.69 Å². The number of aromatic nitrogens is 2. The van der Waals surface area contributed by atoms with Gasteiger partial charge in [0.1, 0.15) is 5.82 Å². The fourth-order valence-electron chi connectivity index (χ4n) is 2.28. The molecule has 1 N–H and O–H groups in total. The number of carbonyl (C=O) groups is 2. The second kappa shape index (κ2) is 7.26. The number of imidazole rings is 1. The Balaban J connectivity index is 1.81. The summed E-state index contributed by atoms with van der Waals surface area (Å²) in [5.74, 6) is -1.34. The molecule has 1 amide bonds. The van der Waals surface area contributed by atoms with Crippen molar-refractivity contribution in [1.82, 2.24) is 14.9 Å². The number of thioether (sulfide) groups is 1. The number of halogens is 1. The lowest BCUT2D eigenvalue weighted by atomic mass is 10.3. The van der Waals surface area contributed by atoms with Gasteiger partial charge in [-0.05, 0) is 50.3 Å². The van der Waals surface area contributed by atoms with Crippen molar-refractivity contribution in [3.8, 4) is 5.69 Å². The molecule has 1 aliphatic carbocycles. The average molecular weight is 363 g/mol. The summed E-state index contributed by atoms with van der Waals surface area (Å²) in [6, 6.07) is 5.91. The molecule has 0 aliphatic heterocycles. The molecule has 3 rings (SSSR count). The Kier molecular flexibility index (Phi) is 5.08. The van der Waals surface area contributed by atoms with Gasteiger partial charge in [-0.2, -0.15) is 0 Å². The van der Waals surface area contributed by atoms with Crippen LogP contribution >= 0.6 is 11.8 Å². The number of amides is 1. The number of esters is 1. The zero-order chi connectivity index (χ0) is 18.0. The fourth-order valence-corrected chi connectivity index (χ4v) is 2.83. The molecule has 0 spiro atoms. The van der Waals surface area contributed by atoms with E-state index in [9.17, 15) is 14.0 Å². The number of benzene rings is 1. The lowest BCUT2D eigenvalue weighted by molar-refractivity contribution is -0.129. The number of nitrogens with zero attached hydrogens (tertiary/aromatic N) is 2. The summed E-state index contributed by atoms with van der Waals surface area (Å²) >= 11 is 1.35. The van der Waals surface area contributed by atoms with Gasteiger partial charge in [0.25, 0.3) is 5.91 Å². The van der Waals surface area contributed by atoms with Gasteiger partial charge < -0.3 is 10.1 Å². The fraction of sp³-hybridized carbons (Fsp3) is 0.353. The Morgan fingerprint density at radius 2 is 2.04 bits per heavy atom. The van der Waals surface area contributed by atoms with E-state index >= 15 is 0 Å².